The number of rotatable bonds is 7. The maximum absolute atomic E-state index is 12.5. The largest absolute Gasteiger partial charge is 0.495 e. The summed E-state index contributed by atoms with van der Waals surface area (Å²) in [5.74, 6) is 0.371. The Bertz CT molecular complexity index is 836. The van der Waals surface area contributed by atoms with Gasteiger partial charge in [-0.3, -0.25) is 9.10 Å². The number of hydrogen-bond donors (Lipinski definition) is 1. The van der Waals surface area contributed by atoms with Crippen LogP contribution in [0.25, 0.3) is 0 Å². The van der Waals surface area contributed by atoms with Gasteiger partial charge < -0.3 is 14.5 Å². The van der Waals surface area contributed by atoms with Crippen LogP contribution in [0.4, 0.5) is 5.69 Å². The summed E-state index contributed by atoms with van der Waals surface area (Å²) in [6.45, 7) is 1.64. The van der Waals surface area contributed by atoms with E-state index in [1.165, 1.54) is 26.4 Å². The molecule has 1 unspecified atom stereocenters. The Morgan fingerprint density at radius 2 is 2.12 bits per heavy atom. The molecule has 1 amide bonds. The van der Waals surface area contributed by atoms with E-state index in [1.807, 2.05) is 0 Å². The second kappa shape index (κ2) is 7.79. The maximum atomic E-state index is 12.5. The molecule has 2 aromatic rings. The Morgan fingerprint density at radius 1 is 1.40 bits per heavy atom. The average Bonchev–Trinajstić information content (AvgIpc) is 3.05. The van der Waals surface area contributed by atoms with E-state index in [-0.39, 0.29) is 12.2 Å². The number of nitrogens with one attached hydrogen (secondary N) is 1. The summed E-state index contributed by atoms with van der Waals surface area (Å²) < 4.78 is 36.0. The van der Waals surface area contributed by atoms with Gasteiger partial charge in [-0.05, 0) is 37.3 Å². The fourth-order valence-electron chi connectivity index (χ4n) is 2.35. The summed E-state index contributed by atoms with van der Waals surface area (Å²) in [7, 11) is -2.36. The molecule has 25 heavy (non-hydrogen) atoms. The quantitative estimate of drug-likeness (QED) is 0.789. The lowest BCUT2D eigenvalue weighted by molar-refractivity contribution is -0.122. The molecule has 1 N–H and O–H groups in total. The Balaban J connectivity index is 2.31. The second-order valence-electron chi connectivity index (χ2n) is 5.35. The molecule has 1 aromatic carbocycles. The molecular weight excluding hydrogens is 368 g/mol. The molecule has 1 heterocycles. The topological polar surface area (TPSA) is 88.8 Å². The van der Waals surface area contributed by atoms with Crippen LogP contribution in [0.1, 0.15) is 12.7 Å². The van der Waals surface area contributed by atoms with Crippen LogP contribution in [0.15, 0.2) is 41.0 Å². The van der Waals surface area contributed by atoms with E-state index in [9.17, 15) is 13.2 Å². The SMILES string of the molecule is COc1ccc(Cl)cc1N(C(C)C(=O)NCc1ccco1)S(C)(=O)=O. The van der Waals surface area contributed by atoms with Gasteiger partial charge in [-0.25, -0.2) is 8.42 Å². The molecule has 2 rings (SSSR count). The number of benzene rings is 1. The van der Waals surface area contributed by atoms with Crippen LogP contribution in [0.5, 0.6) is 5.75 Å². The fourth-order valence-corrected chi connectivity index (χ4v) is 3.69. The van der Waals surface area contributed by atoms with E-state index in [0.29, 0.717) is 16.5 Å². The van der Waals surface area contributed by atoms with E-state index >= 15 is 0 Å². The van der Waals surface area contributed by atoms with Crippen molar-refractivity contribution in [3.05, 3.63) is 47.4 Å². The van der Waals surface area contributed by atoms with Crippen LogP contribution >= 0.6 is 11.6 Å². The van der Waals surface area contributed by atoms with Gasteiger partial charge in [-0.1, -0.05) is 11.6 Å². The van der Waals surface area contributed by atoms with Gasteiger partial charge in [0.1, 0.15) is 17.6 Å². The highest BCUT2D eigenvalue weighted by molar-refractivity contribution is 7.92. The summed E-state index contributed by atoms with van der Waals surface area (Å²) in [5.41, 5.74) is 0.193. The lowest BCUT2D eigenvalue weighted by Crippen LogP contribution is -2.47. The molecule has 0 aliphatic heterocycles. The lowest BCUT2D eigenvalue weighted by Gasteiger charge is -2.29. The average molecular weight is 387 g/mol. The number of hydrogen-bond acceptors (Lipinski definition) is 5. The van der Waals surface area contributed by atoms with E-state index < -0.39 is 22.0 Å². The highest BCUT2D eigenvalue weighted by atomic mass is 35.5. The summed E-state index contributed by atoms with van der Waals surface area (Å²) >= 11 is 5.99. The van der Waals surface area contributed by atoms with E-state index in [1.54, 1.807) is 24.3 Å². The van der Waals surface area contributed by atoms with E-state index in [4.69, 9.17) is 20.8 Å². The lowest BCUT2D eigenvalue weighted by atomic mass is 10.2. The summed E-state index contributed by atoms with van der Waals surface area (Å²) in [5, 5.41) is 2.97. The number of amides is 1. The third-order valence-corrected chi connectivity index (χ3v) is 4.95. The number of furan rings is 1. The van der Waals surface area contributed by atoms with Crippen molar-refractivity contribution in [1.29, 1.82) is 0 Å². The number of nitrogens with zero attached hydrogens (tertiary/aromatic N) is 1. The molecule has 0 aliphatic rings. The first-order valence-corrected chi connectivity index (χ1v) is 9.59. The maximum Gasteiger partial charge on any atom is 0.244 e. The van der Waals surface area contributed by atoms with Crippen molar-refractivity contribution < 1.29 is 22.4 Å². The molecule has 1 aromatic heterocycles. The molecule has 0 fully saturated rings. The van der Waals surface area contributed by atoms with Crippen LogP contribution in [0.2, 0.25) is 5.02 Å². The number of ether oxygens (including phenoxy) is 1. The number of methoxy groups -OCH3 is 1. The minimum Gasteiger partial charge on any atom is -0.495 e. The monoisotopic (exact) mass is 386 g/mol. The molecule has 7 nitrogen and oxygen atoms in total. The van der Waals surface area contributed by atoms with Gasteiger partial charge in [-0.2, -0.15) is 0 Å². The number of carbonyl (C=O) groups excluding carboxylic acids is 1. The highest BCUT2D eigenvalue weighted by Gasteiger charge is 2.31. The third kappa shape index (κ3) is 4.67. The zero-order valence-corrected chi connectivity index (χ0v) is 15.6. The molecule has 0 saturated carbocycles. The van der Waals surface area contributed by atoms with Crippen molar-refractivity contribution >= 4 is 33.2 Å². The number of halogens is 1. The number of sulfonamides is 1. The Morgan fingerprint density at radius 3 is 2.68 bits per heavy atom. The third-order valence-electron chi connectivity index (χ3n) is 3.48. The van der Waals surface area contributed by atoms with Gasteiger partial charge in [0.05, 0.1) is 31.9 Å². The first-order valence-electron chi connectivity index (χ1n) is 7.37. The van der Waals surface area contributed by atoms with Crippen molar-refractivity contribution in [1.82, 2.24) is 5.32 Å². The standard InChI is InChI=1S/C16H19ClN2O5S/c1-11(16(20)18-10-13-5-4-8-24-13)19(25(3,21)22)14-9-12(17)6-7-15(14)23-2/h4-9,11H,10H2,1-3H3,(H,18,20). The summed E-state index contributed by atoms with van der Waals surface area (Å²) in [6, 6.07) is 6.95. The molecule has 1 atom stereocenters. The predicted molar refractivity (Wildman–Crippen MR) is 95.3 cm³/mol. The van der Waals surface area contributed by atoms with Crippen molar-refractivity contribution in [2.75, 3.05) is 17.7 Å². The minimum absolute atomic E-state index is 0.153. The molecule has 0 saturated heterocycles. The van der Waals surface area contributed by atoms with Crippen LogP contribution < -0.4 is 14.4 Å². The van der Waals surface area contributed by atoms with Gasteiger partial charge in [-0.15, -0.1) is 0 Å². The molecule has 0 radical (unpaired) electrons. The zero-order valence-electron chi connectivity index (χ0n) is 14.0. The summed E-state index contributed by atoms with van der Waals surface area (Å²) in [6.07, 6.45) is 2.51. The van der Waals surface area contributed by atoms with Crippen molar-refractivity contribution in [2.24, 2.45) is 0 Å². The summed E-state index contributed by atoms with van der Waals surface area (Å²) in [4.78, 5) is 12.5. The fraction of sp³-hybridized carbons (Fsp3) is 0.312. The highest BCUT2D eigenvalue weighted by Crippen LogP contribution is 2.34. The zero-order chi connectivity index (χ0) is 18.6. The van der Waals surface area contributed by atoms with Crippen LogP contribution in [0, 0.1) is 0 Å². The van der Waals surface area contributed by atoms with Gasteiger partial charge in [0.15, 0.2) is 0 Å². The normalized spacial score (nSPS) is 12.5. The van der Waals surface area contributed by atoms with Gasteiger partial charge in [0.25, 0.3) is 0 Å². The Hall–Kier alpha value is -2.19. The van der Waals surface area contributed by atoms with Crippen LogP contribution in [-0.4, -0.2) is 33.7 Å². The van der Waals surface area contributed by atoms with Crippen molar-refractivity contribution in [3.8, 4) is 5.75 Å². The van der Waals surface area contributed by atoms with Crippen LogP contribution in [-0.2, 0) is 21.4 Å². The van der Waals surface area contributed by atoms with E-state index in [2.05, 4.69) is 5.32 Å². The number of anilines is 1. The van der Waals surface area contributed by atoms with Gasteiger partial charge >= 0.3 is 0 Å². The minimum atomic E-state index is -3.77. The molecule has 0 bridgehead atoms. The molecule has 136 valence electrons. The number of carbonyl (C=O) groups is 1. The van der Waals surface area contributed by atoms with Crippen LogP contribution in [0.3, 0.4) is 0 Å². The Labute approximate surface area is 151 Å². The first kappa shape index (κ1) is 19.1. The second-order valence-corrected chi connectivity index (χ2v) is 7.64. The van der Waals surface area contributed by atoms with Gasteiger partial charge in [0, 0.05) is 5.02 Å². The van der Waals surface area contributed by atoms with Crippen molar-refractivity contribution in [2.45, 2.75) is 19.5 Å². The smallest absolute Gasteiger partial charge is 0.244 e. The predicted octanol–water partition coefficient (Wildman–Crippen LogP) is 2.41. The van der Waals surface area contributed by atoms with Gasteiger partial charge in [0.2, 0.25) is 15.9 Å². The molecule has 0 spiro atoms. The Kier molecular flexibility index (Phi) is 5.97. The molecular formula is C16H19ClN2O5S. The molecule has 0 aliphatic carbocycles. The molecule has 9 heteroatoms. The van der Waals surface area contributed by atoms with E-state index in [0.717, 1.165) is 10.6 Å². The van der Waals surface area contributed by atoms with Crippen molar-refractivity contribution in [3.63, 3.8) is 0 Å². The first-order chi connectivity index (χ1) is 11.7.